The number of methoxy groups -OCH3 is 1. The van der Waals surface area contributed by atoms with E-state index in [4.69, 9.17) is 9.84 Å². The Morgan fingerprint density at radius 2 is 2.22 bits per heavy atom. The van der Waals surface area contributed by atoms with Crippen molar-refractivity contribution in [1.82, 2.24) is 5.32 Å². The molecule has 0 heterocycles. The quantitative estimate of drug-likeness (QED) is 0.698. The van der Waals surface area contributed by atoms with Crippen LogP contribution in [0.25, 0.3) is 0 Å². The van der Waals surface area contributed by atoms with Gasteiger partial charge in [-0.15, -0.1) is 0 Å². The fourth-order valence-electron chi connectivity index (χ4n) is 1.74. The number of halogens is 1. The van der Waals surface area contributed by atoms with E-state index in [9.17, 15) is 4.39 Å². The lowest BCUT2D eigenvalue weighted by molar-refractivity contribution is 0.219. The molecule has 3 nitrogen and oxygen atoms in total. The smallest absolute Gasteiger partial charge is 0.165 e. The standard InChI is InChI=1S/C14H22FNO2/c1-3-11(10-17)9-16-7-6-12-4-5-14(18-2)13(15)8-12/h4-5,8,11,16-17H,3,6-7,9-10H2,1-2H3. The lowest BCUT2D eigenvalue weighted by Gasteiger charge is -2.12. The third-order valence-electron chi connectivity index (χ3n) is 3.08. The van der Waals surface area contributed by atoms with Crippen LogP contribution in [0.1, 0.15) is 18.9 Å². The maximum absolute atomic E-state index is 13.4. The number of benzene rings is 1. The van der Waals surface area contributed by atoms with Gasteiger partial charge in [0.05, 0.1) is 7.11 Å². The van der Waals surface area contributed by atoms with Crippen LogP contribution in [0.3, 0.4) is 0 Å². The van der Waals surface area contributed by atoms with Gasteiger partial charge in [0.25, 0.3) is 0 Å². The number of nitrogens with one attached hydrogen (secondary N) is 1. The predicted octanol–water partition coefficient (Wildman–Crippen LogP) is 1.98. The third kappa shape index (κ3) is 4.63. The topological polar surface area (TPSA) is 41.5 Å². The molecule has 0 radical (unpaired) electrons. The molecule has 1 rings (SSSR count). The van der Waals surface area contributed by atoms with Gasteiger partial charge in [0.1, 0.15) is 0 Å². The molecule has 4 heteroatoms. The molecule has 0 fully saturated rings. The summed E-state index contributed by atoms with van der Waals surface area (Å²) in [5.74, 6) is 0.257. The number of rotatable bonds is 8. The molecule has 2 N–H and O–H groups in total. The van der Waals surface area contributed by atoms with Crippen molar-refractivity contribution in [3.63, 3.8) is 0 Å². The Labute approximate surface area is 108 Å². The maximum Gasteiger partial charge on any atom is 0.165 e. The Bertz CT molecular complexity index is 354. The average molecular weight is 255 g/mol. The molecule has 1 aromatic carbocycles. The highest BCUT2D eigenvalue weighted by Crippen LogP contribution is 2.17. The Hall–Kier alpha value is -1.13. The molecule has 0 bridgehead atoms. The van der Waals surface area contributed by atoms with Crippen LogP contribution in [-0.4, -0.2) is 31.9 Å². The second-order valence-corrected chi connectivity index (χ2v) is 4.38. The summed E-state index contributed by atoms with van der Waals surface area (Å²) in [4.78, 5) is 0. The molecule has 1 atom stereocenters. The zero-order valence-electron chi connectivity index (χ0n) is 11.1. The maximum atomic E-state index is 13.4. The first-order valence-corrected chi connectivity index (χ1v) is 6.35. The summed E-state index contributed by atoms with van der Waals surface area (Å²) in [6, 6.07) is 5.02. The highest BCUT2D eigenvalue weighted by Gasteiger charge is 2.05. The molecule has 0 aromatic heterocycles. The van der Waals surface area contributed by atoms with Crippen molar-refractivity contribution in [1.29, 1.82) is 0 Å². The monoisotopic (exact) mass is 255 g/mol. The second kappa shape index (κ2) is 8.06. The zero-order chi connectivity index (χ0) is 13.4. The average Bonchev–Trinajstić information content (AvgIpc) is 2.39. The van der Waals surface area contributed by atoms with E-state index < -0.39 is 0 Å². The molecule has 0 aliphatic carbocycles. The van der Waals surface area contributed by atoms with Gasteiger partial charge in [-0.05, 0) is 43.0 Å². The van der Waals surface area contributed by atoms with Gasteiger partial charge in [-0.25, -0.2) is 4.39 Å². The van der Waals surface area contributed by atoms with Crippen molar-refractivity contribution < 1.29 is 14.2 Å². The number of aliphatic hydroxyl groups is 1. The molecule has 18 heavy (non-hydrogen) atoms. The fourth-order valence-corrected chi connectivity index (χ4v) is 1.74. The molecule has 1 aromatic rings. The van der Waals surface area contributed by atoms with Gasteiger partial charge >= 0.3 is 0 Å². The molecule has 0 aliphatic rings. The van der Waals surface area contributed by atoms with Crippen LogP contribution in [0, 0.1) is 11.7 Å². The minimum absolute atomic E-state index is 0.209. The van der Waals surface area contributed by atoms with Crippen molar-refractivity contribution in [3.05, 3.63) is 29.6 Å². The van der Waals surface area contributed by atoms with Gasteiger partial charge < -0.3 is 15.2 Å². The van der Waals surface area contributed by atoms with Crippen LogP contribution in [-0.2, 0) is 6.42 Å². The summed E-state index contributed by atoms with van der Waals surface area (Å²) in [6.07, 6.45) is 1.73. The van der Waals surface area contributed by atoms with E-state index >= 15 is 0 Å². The third-order valence-corrected chi connectivity index (χ3v) is 3.08. The lowest BCUT2D eigenvalue weighted by Crippen LogP contribution is -2.26. The molecular formula is C14H22FNO2. The number of aliphatic hydroxyl groups excluding tert-OH is 1. The van der Waals surface area contributed by atoms with E-state index in [1.165, 1.54) is 13.2 Å². The minimum atomic E-state index is -0.322. The Kier molecular flexibility index (Phi) is 6.68. The molecule has 0 aliphatic heterocycles. The number of hydrogen-bond donors (Lipinski definition) is 2. The summed E-state index contributed by atoms with van der Waals surface area (Å²) < 4.78 is 18.3. The summed E-state index contributed by atoms with van der Waals surface area (Å²) in [7, 11) is 1.46. The van der Waals surface area contributed by atoms with Crippen LogP contribution >= 0.6 is 0 Å². The largest absolute Gasteiger partial charge is 0.494 e. The van der Waals surface area contributed by atoms with E-state index in [2.05, 4.69) is 12.2 Å². The minimum Gasteiger partial charge on any atom is -0.494 e. The molecular weight excluding hydrogens is 233 g/mol. The van der Waals surface area contributed by atoms with Crippen LogP contribution in [0.15, 0.2) is 18.2 Å². The van der Waals surface area contributed by atoms with Crippen molar-refractivity contribution in [3.8, 4) is 5.75 Å². The Morgan fingerprint density at radius 1 is 1.44 bits per heavy atom. The van der Waals surface area contributed by atoms with Crippen LogP contribution in [0.2, 0.25) is 0 Å². The lowest BCUT2D eigenvalue weighted by atomic mass is 10.1. The summed E-state index contributed by atoms with van der Waals surface area (Å²) in [6.45, 7) is 3.84. The van der Waals surface area contributed by atoms with E-state index in [1.807, 2.05) is 6.07 Å². The first kappa shape index (κ1) is 14.9. The van der Waals surface area contributed by atoms with Gasteiger partial charge in [0.15, 0.2) is 11.6 Å². The molecule has 0 amide bonds. The molecule has 0 spiro atoms. The molecule has 102 valence electrons. The first-order valence-electron chi connectivity index (χ1n) is 6.35. The van der Waals surface area contributed by atoms with Crippen molar-refractivity contribution in [2.24, 2.45) is 5.92 Å². The molecule has 1 unspecified atom stereocenters. The molecule has 0 saturated carbocycles. The van der Waals surface area contributed by atoms with Gasteiger partial charge in [-0.1, -0.05) is 13.0 Å². The van der Waals surface area contributed by atoms with Crippen molar-refractivity contribution in [2.45, 2.75) is 19.8 Å². The van der Waals surface area contributed by atoms with E-state index in [0.717, 1.165) is 31.5 Å². The SMILES string of the molecule is CCC(CO)CNCCc1ccc(OC)c(F)c1. The summed E-state index contributed by atoms with van der Waals surface area (Å²) in [5, 5.41) is 12.3. The first-order chi connectivity index (χ1) is 8.71. The highest BCUT2D eigenvalue weighted by molar-refractivity contribution is 5.29. The fraction of sp³-hybridized carbons (Fsp3) is 0.571. The van der Waals surface area contributed by atoms with Crippen LogP contribution in [0.4, 0.5) is 4.39 Å². The van der Waals surface area contributed by atoms with Crippen molar-refractivity contribution >= 4 is 0 Å². The molecule has 0 saturated heterocycles. The van der Waals surface area contributed by atoms with E-state index in [0.29, 0.717) is 5.92 Å². The highest BCUT2D eigenvalue weighted by atomic mass is 19.1. The second-order valence-electron chi connectivity index (χ2n) is 4.38. The predicted molar refractivity (Wildman–Crippen MR) is 70.4 cm³/mol. The van der Waals surface area contributed by atoms with Crippen LogP contribution < -0.4 is 10.1 Å². The Morgan fingerprint density at radius 3 is 2.78 bits per heavy atom. The van der Waals surface area contributed by atoms with E-state index in [1.54, 1.807) is 6.07 Å². The zero-order valence-corrected chi connectivity index (χ0v) is 11.1. The summed E-state index contributed by atoms with van der Waals surface area (Å²) in [5.41, 5.74) is 0.942. The number of hydrogen-bond acceptors (Lipinski definition) is 3. The van der Waals surface area contributed by atoms with Crippen molar-refractivity contribution in [2.75, 3.05) is 26.8 Å². The van der Waals surface area contributed by atoms with Gasteiger partial charge in [0, 0.05) is 13.2 Å². The normalized spacial score (nSPS) is 12.4. The van der Waals surface area contributed by atoms with Gasteiger partial charge in [0.2, 0.25) is 0 Å². The van der Waals surface area contributed by atoms with E-state index in [-0.39, 0.29) is 18.2 Å². The number of ether oxygens (including phenoxy) is 1. The summed E-state index contributed by atoms with van der Waals surface area (Å²) >= 11 is 0. The van der Waals surface area contributed by atoms with Crippen LogP contribution in [0.5, 0.6) is 5.75 Å². The Balaban J connectivity index is 2.33. The van der Waals surface area contributed by atoms with Gasteiger partial charge in [-0.3, -0.25) is 0 Å². The van der Waals surface area contributed by atoms with Gasteiger partial charge in [-0.2, -0.15) is 0 Å².